The van der Waals surface area contributed by atoms with Crippen LogP contribution in [0.25, 0.3) is 10.1 Å². The number of nitrogen functional groups attached to an aromatic ring is 1. The number of thiophene rings is 1. The van der Waals surface area contributed by atoms with Crippen molar-refractivity contribution in [1.82, 2.24) is 20.1 Å². The molecule has 1 aromatic carbocycles. The van der Waals surface area contributed by atoms with Crippen molar-refractivity contribution in [2.45, 2.75) is 6.54 Å². The predicted octanol–water partition coefficient (Wildman–Crippen LogP) is 2.30. The lowest BCUT2D eigenvalue weighted by Gasteiger charge is -2.03. The van der Waals surface area contributed by atoms with Crippen molar-refractivity contribution < 1.29 is 4.79 Å². The number of hydrogen-bond donors (Lipinski definition) is 2. The number of hydrogen-bond acceptors (Lipinski definition) is 5. The second kappa shape index (κ2) is 5.45. The Balaban J connectivity index is 1.84. The molecule has 3 aromatic rings. The average Bonchev–Trinajstić information content (AvgIpc) is 3.01. The van der Waals surface area contributed by atoms with Crippen LogP contribution in [-0.4, -0.2) is 20.7 Å². The lowest BCUT2D eigenvalue weighted by Crippen LogP contribution is -2.24. The standard InChI is InChI=1S/C13H12BrN5OS/c1-19-6-17-18-10(19)5-16-13(20)12-11(15)8-4-7(14)2-3-9(8)21-12/h2-4,6H,5,15H2,1H3,(H,16,20). The third kappa shape index (κ3) is 2.64. The Morgan fingerprint density at radius 3 is 3.05 bits per heavy atom. The molecule has 0 aliphatic heterocycles. The number of carbonyl (C=O) groups excluding carboxylic acids is 1. The number of halogens is 1. The molecule has 3 N–H and O–H groups in total. The largest absolute Gasteiger partial charge is 0.397 e. The molecule has 3 rings (SSSR count). The highest BCUT2D eigenvalue weighted by Gasteiger charge is 2.16. The van der Waals surface area contributed by atoms with Crippen LogP contribution in [0, 0.1) is 0 Å². The summed E-state index contributed by atoms with van der Waals surface area (Å²) < 4.78 is 3.68. The van der Waals surface area contributed by atoms with Gasteiger partial charge in [0.15, 0.2) is 5.82 Å². The number of carbonyl (C=O) groups is 1. The van der Waals surface area contributed by atoms with Crippen LogP contribution in [0.1, 0.15) is 15.5 Å². The van der Waals surface area contributed by atoms with E-state index in [1.54, 1.807) is 10.9 Å². The van der Waals surface area contributed by atoms with Crippen molar-refractivity contribution >= 4 is 48.9 Å². The lowest BCUT2D eigenvalue weighted by molar-refractivity contribution is 0.0954. The van der Waals surface area contributed by atoms with E-state index in [4.69, 9.17) is 5.73 Å². The summed E-state index contributed by atoms with van der Waals surface area (Å²) in [5, 5.41) is 11.4. The number of fused-ring (bicyclic) bond motifs is 1. The van der Waals surface area contributed by atoms with E-state index in [9.17, 15) is 4.79 Å². The SMILES string of the molecule is Cn1cnnc1CNC(=O)c1sc2ccc(Br)cc2c1N. The number of nitrogens with zero attached hydrogens (tertiary/aromatic N) is 3. The predicted molar refractivity (Wildman–Crippen MR) is 86.1 cm³/mol. The Hall–Kier alpha value is -1.93. The minimum Gasteiger partial charge on any atom is -0.397 e. The fourth-order valence-corrected chi connectivity index (χ4v) is 3.35. The van der Waals surface area contributed by atoms with E-state index in [-0.39, 0.29) is 5.91 Å². The Morgan fingerprint density at radius 2 is 2.33 bits per heavy atom. The second-order valence-corrected chi connectivity index (χ2v) is 6.49. The zero-order valence-corrected chi connectivity index (χ0v) is 13.5. The lowest BCUT2D eigenvalue weighted by atomic mass is 10.2. The summed E-state index contributed by atoms with van der Waals surface area (Å²) in [6.07, 6.45) is 1.59. The maximum Gasteiger partial charge on any atom is 0.263 e. The summed E-state index contributed by atoms with van der Waals surface area (Å²) in [5.41, 5.74) is 6.59. The first kappa shape index (κ1) is 14.0. The summed E-state index contributed by atoms with van der Waals surface area (Å²) in [6, 6.07) is 5.79. The second-order valence-electron chi connectivity index (χ2n) is 4.53. The van der Waals surface area contributed by atoms with Gasteiger partial charge in [-0.25, -0.2) is 0 Å². The highest BCUT2D eigenvalue weighted by molar-refractivity contribution is 9.10. The number of rotatable bonds is 3. The molecule has 0 aliphatic rings. The molecule has 2 aromatic heterocycles. The summed E-state index contributed by atoms with van der Waals surface area (Å²) in [6.45, 7) is 0.312. The van der Waals surface area contributed by atoms with Crippen LogP contribution in [0.15, 0.2) is 29.0 Å². The van der Waals surface area contributed by atoms with E-state index in [1.165, 1.54) is 11.3 Å². The molecule has 0 saturated carbocycles. The molecule has 2 heterocycles. The van der Waals surface area contributed by atoms with Gasteiger partial charge in [0.25, 0.3) is 5.91 Å². The maximum atomic E-state index is 12.3. The van der Waals surface area contributed by atoms with Crippen LogP contribution in [0.4, 0.5) is 5.69 Å². The highest BCUT2D eigenvalue weighted by atomic mass is 79.9. The number of nitrogens with two attached hydrogens (primary N) is 1. The van der Waals surface area contributed by atoms with Crippen LogP contribution in [0.3, 0.4) is 0 Å². The third-order valence-electron chi connectivity index (χ3n) is 3.11. The molecule has 0 atom stereocenters. The van der Waals surface area contributed by atoms with Gasteiger partial charge >= 0.3 is 0 Å². The summed E-state index contributed by atoms with van der Waals surface area (Å²) in [4.78, 5) is 12.8. The number of aromatic nitrogens is 3. The number of aryl methyl sites for hydroxylation is 1. The number of nitrogens with one attached hydrogen (secondary N) is 1. The van der Waals surface area contributed by atoms with Gasteiger partial charge in [-0.2, -0.15) is 0 Å². The van der Waals surface area contributed by atoms with Crippen molar-refractivity contribution in [1.29, 1.82) is 0 Å². The zero-order chi connectivity index (χ0) is 15.0. The number of amides is 1. The molecule has 108 valence electrons. The quantitative estimate of drug-likeness (QED) is 0.745. The van der Waals surface area contributed by atoms with Crippen molar-refractivity contribution in [3.8, 4) is 0 Å². The van der Waals surface area contributed by atoms with Gasteiger partial charge in [-0.3, -0.25) is 4.79 Å². The fourth-order valence-electron chi connectivity index (χ4n) is 1.96. The van der Waals surface area contributed by atoms with E-state index in [0.29, 0.717) is 22.9 Å². The molecule has 0 fully saturated rings. The molecule has 21 heavy (non-hydrogen) atoms. The first-order chi connectivity index (χ1) is 10.1. The normalized spacial score (nSPS) is 11.0. The molecule has 6 nitrogen and oxygen atoms in total. The smallest absolute Gasteiger partial charge is 0.263 e. The van der Waals surface area contributed by atoms with E-state index in [2.05, 4.69) is 31.4 Å². The van der Waals surface area contributed by atoms with Gasteiger partial charge in [0.05, 0.1) is 12.2 Å². The van der Waals surface area contributed by atoms with E-state index < -0.39 is 0 Å². The molecular formula is C13H12BrN5OS. The molecule has 0 spiro atoms. The van der Waals surface area contributed by atoms with Gasteiger partial charge in [0.2, 0.25) is 0 Å². The molecule has 0 aliphatic carbocycles. The number of anilines is 1. The first-order valence-corrected chi connectivity index (χ1v) is 7.76. The van der Waals surface area contributed by atoms with Gasteiger partial charge in [-0.1, -0.05) is 15.9 Å². The molecule has 0 saturated heterocycles. The van der Waals surface area contributed by atoms with Crippen molar-refractivity contribution in [2.24, 2.45) is 7.05 Å². The van der Waals surface area contributed by atoms with Gasteiger partial charge in [-0.05, 0) is 18.2 Å². The number of benzene rings is 1. The Bertz CT molecular complexity index is 825. The zero-order valence-electron chi connectivity index (χ0n) is 11.1. The molecular weight excluding hydrogens is 354 g/mol. The Morgan fingerprint density at radius 1 is 1.52 bits per heavy atom. The van der Waals surface area contributed by atoms with Crippen LogP contribution in [-0.2, 0) is 13.6 Å². The van der Waals surface area contributed by atoms with E-state index in [1.807, 2.05) is 25.2 Å². The third-order valence-corrected chi connectivity index (χ3v) is 4.79. The van der Waals surface area contributed by atoms with E-state index in [0.717, 1.165) is 14.6 Å². The minimum atomic E-state index is -0.201. The molecule has 1 amide bonds. The summed E-state index contributed by atoms with van der Waals surface area (Å²) in [7, 11) is 1.83. The highest BCUT2D eigenvalue weighted by Crippen LogP contribution is 2.35. The van der Waals surface area contributed by atoms with Crippen molar-refractivity contribution in [3.63, 3.8) is 0 Å². The van der Waals surface area contributed by atoms with E-state index >= 15 is 0 Å². The van der Waals surface area contributed by atoms with Crippen LogP contribution >= 0.6 is 27.3 Å². The summed E-state index contributed by atoms with van der Waals surface area (Å²) in [5.74, 6) is 0.485. The van der Waals surface area contributed by atoms with Crippen LogP contribution < -0.4 is 11.1 Å². The fraction of sp³-hybridized carbons (Fsp3) is 0.154. The first-order valence-electron chi connectivity index (χ1n) is 6.15. The Labute approximate surface area is 133 Å². The van der Waals surface area contributed by atoms with Crippen molar-refractivity contribution in [3.05, 3.63) is 39.7 Å². The van der Waals surface area contributed by atoms with Gasteiger partial charge in [-0.15, -0.1) is 21.5 Å². The average molecular weight is 366 g/mol. The topological polar surface area (TPSA) is 85.8 Å². The Kier molecular flexibility index (Phi) is 3.64. The monoisotopic (exact) mass is 365 g/mol. The van der Waals surface area contributed by atoms with Crippen LogP contribution in [0.5, 0.6) is 0 Å². The molecule has 0 bridgehead atoms. The van der Waals surface area contributed by atoms with Gasteiger partial charge < -0.3 is 15.6 Å². The summed E-state index contributed by atoms with van der Waals surface area (Å²) >= 11 is 4.79. The van der Waals surface area contributed by atoms with Crippen molar-refractivity contribution in [2.75, 3.05) is 5.73 Å². The molecule has 0 unspecified atom stereocenters. The molecule has 0 radical (unpaired) electrons. The molecule has 8 heteroatoms. The minimum absolute atomic E-state index is 0.201. The van der Waals surface area contributed by atoms with Crippen LogP contribution in [0.2, 0.25) is 0 Å². The van der Waals surface area contributed by atoms with Gasteiger partial charge in [0, 0.05) is 21.6 Å². The van der Waals surface area contributed by atoms with Gasteiger partial charge in [0.1, 0.15) is 11.2 Å². The maximum absolute atomic E-state index is 12.3.